The van der Waals surface area contributed by atoms with Gasteiger partial charge in [0.05, 0.1) is 12.2 Å². The minimum Gasteiger partial charge on any atom is -0.494 e. The van der Waals surface area contributed by atoms with Crippen LogP contribution >= 0.6 is 11.8 Å². The number of anilines is 1. The maximum atomic E-state index is 12.7. The summed E-state index contributed by atoms with van der Waals surface area (Å²) in [5, 5.41) is 15.1. The van der Waals surface area contributed by atoms with Crippen molar-refractivity contribution in [3.05, 3.63) is 91.6 Å². The number of aromatic amines is 2. The lowest BCUT2D eigenvalue weighted by Crippen LogP contribution is -2.29. The number of amides is 2. The van der Waals surface area contributed by atoms with Gasteiger partial charge >= 0.3 is 11.7 Å². The fourth-order valence-corrected chi connectivity index (χ4v) is 4.98. The third-order valence-electron chi connectivity index (χ3n) is 6.01. The van der Waals surface area contributed by atoms with Crippen LogP contribution in [0.2, 0.25) is 0 Å². The van der Waals surface area contributed by atoms with E-state index in [1.165, 1.54) is 12.1 Å². The van der Waals surface area contributed by atoms with Gasteiger partial charge in [-0.05, 0) is 48.7 Å². The first-order valence-electron chi connectivity index (χ1n) is 12.4. The summed E-state index contributed by atoms with van der Waals surface area (Å²) >= 11 is 1.01. The molecule has 208 valence electrons. The number of carbonyl (C=O) groups is 3. The van der Waals surface area contributed by atoms with Crippen LogP contribution in [0.4, 0.5) is 5.69 Å². The first-order valence-corrected chi connectivity index (χ1v) is 13.3. The van der Waals surface area contributed by atoms with Crippen molar-refractivity contribution in [1.82, 2.24) is 15.3 Å². The molecule has 2 amide bonds. The van der Waals surface area contributed by atoms with Crippen LogP contribution < -0.4 is 21.9 Å². The summed E-state index contributed by atoms with van der Waals surface area (Å²) in [6.45, 7) is 3.94. The molecule has 0 aliphatic carbocycles. The number of H-pyrrole nitrogens is 2. The summed E-state index contributed by atoms with van der Waals surface area (Å²) in [7, 11) is 0. The molecule has 0 saturated carbocycles. The highest BCUT2D eigenvalue weighted by Gasteiger charge is 2.34. The fourth-order valence-electron chi connectivity index (χ4n) is 3.98. The van der Waals surface area contributed by atoms with Gasteiger partial charge in [0.2, 0.25) is 17.7 Å². The van der Waals surface area contributed by atoms with Crippen LogP contribution in [0.3, 0.4) is 0 Å². The normalized spacial score (nSPS) is 16.4. The molecule has 3 aromatic rings. The molecule has 4 rings (SSSR count). The first-order chi connectivity index (χ1) is 19.2. The van der Waals surface area contributed by atoms with Crippen molar-refractivity contribution in [2.45, 2.75) is 38.0 Å². The van der Waals surface area contributed by atoms with Crippen LogP contribution in [0.25, 0.3) is 0 Å². The molecule has 1 fully saturated rings. The summed E-state index contributed by atoms with van der Waals surface area (Å²) < 4.78 is 4.94. The number of aryl methyl sites for hydroxylation is 1. The molecular formula is C27H27N5O7S. The summed E-state index contributed by atoms with van der Waals surface area (Å²) in [5.41, 5.74) is 0.480. The molecular weight excluding hydrogens is 538 g/mol. The van der Waals surface area contributed by atoms with Crippen LogP contribution in [0, 0.1) is 0 Å². The Balaban J connectivity index is 1.52. The summed E-state index contributed by atoms with van der Waals surface area (Å²) in [6, 6.07) is 12.3. The number of aliphatic imine (C=N–C) groups is 1. The maximum absolute atomic E-state index is 12.7. The molecule has 1 saturated heterocycles. The number of amidine groups is 1. The van der Waals surface area contributed by atoms with Gasteiger partial charge in [-0.2, -0.15) is 0 Å². The van der Waals surface area contributed by atoms with E-state index in [2.05, 4.69) is 25.6 Å². The second-order valence-electron chi connectivity index (χ2n) is 8.75. The van der Waals surface area contributed by atoms with Crippen LogP contribution in [-0.4, -0.2) is 49.9 Å². The summed E-state index contributed by atoms with van der Waals surface area (Å²) in [4.78, 5) is 70.1. The molecule has 2 heterocycles. The lowest BCUT2D eigenvalue weighted by Gasteiger charge is -2.15. The molecule has 1 aliphatic rings. The number of aromatic hydroxyl groups is 1. The van der Waals surface area contributed by atoms with Crippen molar-refractivity contribution in [2.75, 3.05) is 11.9 Å². The molecule has 0 bridgehead atoms. The van der Waals surface area contributed by atoms with E-state index in [1.54, 1.807) is 31.2 Å². The molecule has 5 N–H and O–H groups in total. The van der Waals surface area contributed by atoms with E-state index in [1.807, 2.05) is 19.1 Å². The SMILES string of the molecule is CCOC(=O)c1ccc(NC(=O)C[C@@H]2SC(=N[C@@H](c3ccc(CC)cc3)c3c(O)[nH]c(=O)[nH]c3=O)NC2=O)cc1. The Kier molecular flexibility index (Phi) is 8.84. The van der Waals surface area contributed by atoms with Crippen molar-refractivity contribution in [2.24, 2.45) is 4.99 Å². The highest BCUT2D eigenvalue weighted by molar-refractivity contribution is 8.15. The predicted molar refractivity (Wildman–Crippen MR) is 150 cm³/mol. The number of benzene rings is 2. The lowest BCUT2D eigenvalue weighted by atomic mass is 9.99. The van der Waals surface area contributed by atoms with Gasteiger partial charge in [0.25, 0.3) is 5.56 Å². The first kappa shape index (κ1) is 28.4. The van der Waals surface area contributed by atoms with Gasteiger partial charge in [0, 0.05) is 12.1 Å². The number of thioether (sulfide) groups is 1. The number of nitrogens with zero attached hydrogens (tertiary/aromatic N) is 1. The van der Waals surface area contributed by atoms with Gasteiger partial charge in [0.1, 0.15) is 16.9 Å². The Morgan fingerprint density at radius 2 is 1.75 bits per heavy atom. The van der Waals surface area contributed by atoms with Crippen LogP contribution in [0.15, 0.2) is 63.1 Å². The minimum absolute atomic E-state index is 0.149. The summed E-state index contributed by atoms with van der Waals surface area (Å²) in [6.07, 6.45) is 0.616. The van der Waals surface area contributed by atoms with E-state index in [4.69, 9.17) is 4.74 Å². The van der Waals surface area contributed by atoms with Crippen molar-refractivity contribution in [3.63, 3.8) is 0 Å². The zero-order valence-electron chi connectivity index (χ0n) is 21.6. The molecule has 1 aliphatic heterocycles. The van der Waals surface area contributed by atoms with Gasteiger partial charge in [-0.3, -0.25) is 24.4 Å². The van der Waals surface area contributed by atoms with E-state index in [9.17, 15) is 29.1 Å². The van der Waals surface area contributed by atoms with E-state index < -0.39 is 46.2 Å². The van der Waals surface area contributed by atoms with E-state index >= 15 is 0 Å². The van der Waals surface area contributed by atoms with Crippen LogP contribution in [0.1, 0.15) is 53.4 Å². The second-order valence-corrected chi connectivity index (χ2v) is 9.94. The molecule has 0 unspecified atom stereocenters. The minimum atomic E-state index is -1.06. The average molecular weight is 566 g/mol. The molecule has 12 nitrogen and oxygen atoms in total. The predicted octanol–water partition coefficient (Wildman–Crippen LogP) is 2.21. The molecule has 40 heavy (non-hydrogen) atoms. The van der Waals surface area contributed by atoms with Crippen molar-refractivity contribution in [1.29, 1.82) is 0 Å². The largest absolute Gasteiger partial charge is 0.494 e. The highest BCUT2D eigenvalue weighted by atomic mass is 32.2. The second kappa shape index (κ2) is 12.5. The van der Waals surface area contributed by atoms with Gasteiger partial charge in [-0.15, -0.1) is 0 Å². The number of aromatic nitrogens is 2. The van der Waals surface area contributed by atoms with Crippen molar-refractivity contribution < 1.29 is 24.2 Å². The van der Waals surface area contributed by atoms with Gasteiger partial charge in [-0.1, -0.05) is 43.0 Å². The lowest BCUT2D eigenvalue weighted by molar-refractivity contribution is -0.122. The smallest absolute Gasteiger partial charge is 0.338 e. The van der Waals surface area contributed by atoms with Crippen LogP contribution in [-0.2, 0) is 20.7 Å². The molecule has 13 heteroatoms. The Bertz CT molecular complexity index is 1560. The third-order valence-corrected chi connectivity index (χ3v) is 7.11. The number of nitrogens with one attached hydrogen (secondary N) is 4. The van der Waals surface area contributed by atoms with E-state index in [0.717, 1.165) is 23.7 Å². The average Bonchev–Trinajstić information content (AvgIpc) is 3.26. The standard InChI is InChI=1S/C27H27N5O7S/c1-3-14-5-7-15(8-6-14)21(20-23(35)30-26(38)31-24(20)36)29-27-32-22(34)18(40-27)13-19(33)28-17-11-9-16(10-12-17)25(37)39-4-2/h5-12,18,21H,3-4,13H2,1-2H3,(H,28,33)(H,29,32,34)(H3,30,31,35,36,38)/t18-,21-/m0/s1. The van der Waals surface area contributed by atoms with Crippen molar-refractivity contribution >= 4 is 40.4 Å². The van der Waals surface area contributed by atoms with Crippen LogP contribution in [0.5, 0.6) is 5.88 Å². The number of rotatable bonds is 9. The van der Waals surface area contributed by atoms with E-state index in [-0.39, 0.29) is 23.8 Å². The highest BCUT2D eigenvalue weighted by Crippen LogP contribution is 2.32. The summed E-state index contributed by atoms with van der Waals surface area (Å²) in [5.74, 6) is -1.99. The third kappa shape index (κ3) is 6.67. The molecule has 0 spiro atoms. The number of hydrogen-bond donors (Lipinski definition) is 5. The Hall–Kier alpha value is -4.65. The van der Waals surface area contributed by atoms with Gasteiger partial charge in [0.15, 0.2) is 5.17 Å². The number of ether oxygens (including phenoxy) is 1. The number of hydrogen-bond acceptors (Lipinski definition) is 9. The zero-order chi connectivity index (χ0) is 28.8. The van der Waals surface area contributed by atoms with Gasteiger partial charge in [-0.25, -0.2) is 14.6 Å². The monoisotopic (exact) mass is 565 g/mol. The Morgan fingerprint density at radius 3 is 2.38 bits per heavy atom. The molecule has 1 aromatic heterocycles. The van der Waals surface area contributed by atoms with Crippen molar-refractivity contribution in [3.8, 4) is 5.88 Å². The fraction of sp³-hybridized carbons (Fsp3) is 0.259. The Labute approximate surface area is 232 Å². The zero-order valence-corrected chi connectivity index (χ0v) is 22.5. The molecule has 2 atom stereocenters. The molecule has 2 aromatic carbocycles. The molecule has 0 radical (unpaired) electrons. The number of esters is 1. The Morgan fingerprint density at radius 1 is 1.05 bits per heavy atom. The topological polar surface area (TPSA) is 183 Å². The van der Waals surface area contributed by atoms with E-state index in [0.29, 0.717) is 16.8 Å². The van der Waals surface area contributed by atoms with Gasteiger partial charge < -0.3 is 20.5 Å². The maximum Gasteiger partial charge on any atom is 0.338 e. The quantitative estimate of drug-likeness (QED) is 0.245. The number of carbonyl (C=O) groups excluding carboxylic acids is 3.